The fourth-order valence-corrected chi connectivity index (χ4v) is 3.44. The summed E-state index contributed by atoms with van der Waals surface area (Å²) >= 11 is 0. The van der Waals surface area contributed by atoms with Crippen LogP contribution in [0.1, 0.15) is 6.42 Å². The van der Waals surface area contributed by atoms with E-state index < -0.39 is 0 Å². The van der Waals surface area contributed by atoms with E-state index in [0.717, 1.165) is 56.3 Å². The molecule has 0 atom stereocenters. The molecule has 1 fully saturated rings. The third-order valence-electron chi connectivity index (χ3n) is 5.09. The number of methoxy groups -OCH3 is 2. The molecule has 7 nitrogen and oxygen atoms in total. The Labute approximate surface area is 173 Å². The quantitative estimate of drug-likeness (QED) is 0.405. The molecule has 156 valence electrons. The summed E-state index contributed by atoms with van der Waals surface area (Å²) < 4.78 is 10.5. The first-order valence-electron chi connectivity index (χ1n) is 10.0. The summed E-state index contributed by atoms with van der Waals surface area (Å²) in [6, 6.07) is 16.0. The van der Waals surface area contributed by atoms with Crippen LogP contribution in [0.15, 0.2) is 53.5 Å². The Hall–Kier alpha value is -2.93. The highest BCUT2D eigenvalue weighted by atomic mass is 16.5. The van der Waals surface area contributed by atoms with Crippen LogP contribution in [0.4, 0.5) is 11.4 Å². The van der Waals surface area contributed by atoms with Crippen molar-refractivity contribution < 1.29 is 9.47 Å². The number of rotatable bonds is 8. The summed E-state index contributed by atoms with van der Waals surface area (Å²) in [5, 5.41) is 3.11. The predicted molar refractivity (Wildman–Crippen MR) is 119 cm³/mol. The maximum Gasteiger partial charge on any atom is 0.193 e. The number of nitrogens with two attached hydrogens (primary N) is 1. The average molecular weight is 398 g/mol. The number of hydrogen-bond donors (Lipinski definition) is 2. The van der Waals surface area contributed by atoms with Gasteiger partial charge in [-0.2, -0.15) is 0 Å². The van der Waals surface area contributed by atoms with Crippen molar-refractivity contribution in [2.75, 3.05) is 63.7 Å². The summed E-state index contributed by atoms with van der Waals surface area (Å²) in [6.07, 6.45) is 0.983. The lowest BCUT2D eigenvalue weighted by Gasteiger charge is -2.36. The summed E-state index contributed by atoms with van der Waals surface area (Å²) in [7, 11) is 3.34. The number of benzene rings is 2. The summed E-state index contributed by atoms with van der Waals surface area (Å²) in [4.78, 5) is 9.34. The molecule has 1 saturated heterocycles. The van der Waals surface area contributed by atoms with Gasteiger partial charge in [0.1, 0.15) is 11.5 Å². The second kappa shape index (κ2) is 10.6. The number of guanidine groups is 1. The van der Waals surface area contributed by atoms with E-state index >= 15 is 0 Å². The highest BCUT2D eigenvalue weighted by Crippen LogP contribution is 2.22. The fraction of sp³-hybridized carbons (Fsp3) is 0.409. The lowest BCUT2D eigenvalue weighted by molar-refractivity contribution is 0.256. The Morgan fingerprint density at radius 1 is 1.00 bits per heavy atom. The first-order valence-corrected chi connectivity index (χ1v) is 10.0. The molecule has 0 amide bonds. The second-order valence-electron chi connectivity index (χ2n) is 6.97. The Morgan fingerprint density at radius 2 is 1.72 bits per heavy atom. The van der Waals surface area contributed by atoms with Crippen LogP contribution in [-0.4, -0.2) is 64.3 Å². The first kappa shape index (κ1) is 20.8. The maximum atomic E-state index is 6.01. The minimum atomic E-state index is 0.416. The molecule has 0 unspecified atom stereocenters. The van der Waals surface area contributed by atoms with Gasteiger partial charge in [-0.3, -0.25) is 9.89 Å². The maximum absolute atomic E-state index is 6.01. The lowest BCUT2D eigenvalue weighted by Crippen LogP contribution is -2.46. The van der Waals surface area contributed by atoms with E-state index in [9.17, 15) is 0 Å². The van der Waals surface area contributed by atoms with Gasteiger partial charge in [0, 0.05) is 45.0 Å². The molecule has 0 aromatic heterocycles. The van der Waals surface area contributed by atoms with Gasteiger partial charge in [-0.1, -0.05) is 12.1 Å². The third-order valence-corrected chi connectivity index (χ3v) is 5.09. The van der Waals surface area contributed by atoms with Crippen LogP contribution < -0.4 is 25.4 Å². The molecule has 7 heteroatoms. The van der Waals surface area contributed by atoms with Gasteiger partial charge in [0.15, 0.2) is 5.96 Å². The van der Waals surface area contributed by atoms with E-state index in [1.807, 2.05) is 36.4 Å². The van der Waals surface area contributed by atoms with E-state index in [2.05, 4.69) is 32.2 Å². The molecule has 2 aromatic carbocycles. The molecule has 1 aliphatic rings. The molecular weight excluding hydrogens is 366 g/mol. The van der Waals surface area contributed by atoms with Crippen molar-refractivity contribution in [2.24, 2.45) is 10.7 Å². The lowest BCUT2D eigenvalue weighted by atomic mass is 10.2. The van der Waals surface area contributed by atoms with Crippen molar-refractivity contribution in [3.63, 3.8) is 0 Å². The van der Waals surface area contributed by atoms with Crippen LogP contribution in [0.25, 0.3) is 0 Å². The van der Waals surface area contributed by atoms with Gasteiger partial charge in [0.25, 0.3) is 0 Å². The Bertz CT molecular complexity index is 786. The van der Waals surface area contributed by atoms with Crippen LogP contribution in [0, 0.1) is 0 Å². The summed E-state index contributed by atoms with van der Waals surface area (Å²) in [6.45, 7) is 5.92. The number of nitrogens with one attached hydrogen (secondary N) is 1. The zero-order valence-electron chi connectivity index (χ0n) is 17.3. The molecule has 0 bridgehead atoms. The highest BCUT2D eigenvalue weighted by Gasteiger charge is 2.16. The molecule has 1 aliphatic heterocycles. The van der Waals surface area contributed by atoms with Gasteiger partial charge >= 0.3 is 0 Å². The molecular formula is C22H31N5O2. The topological polar surface area (TPSA) is 75.4 Å². The number of hydrogen-bond acceptors (Lipinski definition) is 5. The molecule has 1 heterocycles. The minimum Gasteiger partial charge on any atom is -0.497 e. The van der Waals surface area contributed by atoms with Crippen molar-refractivity contribution in [3.05, 3.63) is 48.5 Å². The number of ether oxygens (including phenoxy) is 2. The monoisotopic (exact) mass is 397 g/mol. The molecule has 3 rings (SSSR count). The first-order chi connectivity index (χ1) is 14.2. The van der Waals surface area contributed by atoms with Gasteiger partial charge < -0.3 is 25.4 Å². The van der Waals surface area contributed by atoms with Crippen molar-refractivity contribution in [2.45, 2.75) is 6.42 Å². The molecule has 3 N–H and O–H groups in total. The average Bonchev–Trinajstić information content (AvgIpc) is 2.77. The van der Waals surface area contributed by atoms with Gasteiger partial charge in [-0.15, -0.1) is 0 Å². The van der Waals surface area contributed by atoms with Crippen molar-refractivity contribution in [1.29, 1.82) is 0 Å². The van der Waals surface area contributed by atoms with Crippen LogP contribution in [-0.2, 0) is 0 Å². The number of para-hydroxylation sites is 2. The largest absolute Gasteiger partial charge is 0.497 e. The van der Waals surface area contributed by atoms with Crippen LogP contribution in [0.2, 0.25) is 0 Å². The number of piperazine rings is 1. The summed E-state index contributed by atoms with van der Waals surface area (Å²) in [5.74, 6) is 2.06. The van der Waals surface area contributed by atoms with E-state index in [1.165, 1.54) is 5.69 Å². The highest BCUT2D eigenvalue weighted by molar-refractivity contribution is 5.93. The number of anilines is 2. The normalized spacial score (nSPS) is 15.2. The van der Waals surface area contributed by atoms with Crippen LogP contribution in [0.3, 0.4) is 0 Å². The number of aliphatic imine (C=N–C) groups is 1. The third kappa shape index (κ3) is 6.02. The predicted octanol–water partition coefficient (Wildman–Crippen LogP) is 2.64. The van der Waals surface area contributed by atoms with Gasteiger partial charge in [0.2, 0.25) is 0 Å². The molecule has 0 spiro atoms. The van der Waals surface area contributed by atoms with Gasteiger partial charge in [-0.25, -0.2) is 0 Å². The Morgan fingerprint density at radius 3 is 2.41 bits per heavy atom. The SMILES string of the molecule is COc1ccc(N2CCN(CCCN=C(N)Nc3ccccc3OC)CC2)cc1. The standard InChI is InChI=1S/C22H31N5O2/c1-28-19-10-8-18(9-11-19)27-16-14-26(15-17-27)13-5-12-24-22(23)25-20-6-3-4-7-21(20)29-2/h3-4,6-11H,5,12-17H2,1-2H3,(H3,23,24,25). The minimum absolute atomic E-state index is 0.416. The van der Waals surface area contributed by atoms with E-state index in [1.54, 1.807) is 14.2 Å². The van der Waals surface area contributed by atoms with Gasteiger partial charge in [-0.05, 0) is 42.8 Å². The Kier molecular flexibility index (Phi) is 7.58. The molecule has 0 saturated carbocycles. The van der Waals surface area contributed by atoms with Crippen LogP contribution in [0.5, 0.6) is 11.5 Å². The van der Waals surface area contributed by atoms with E-state index in [-0.39, 0.29) is 0 Å². The molecule has 2 aromatic rings. The van der Waals surface area contributed by atoms with Crippen molar-refractivity contribution in [1.82, 2.24) is 4.90 Å². The smallest absolute Gasteiger partial charge is 0.193 e. The fourth-order valence-electron chi connectivity index (χ4n) is 3.44. The Balaban J connectivity index is 1.37. The second-order valence-corrected chi connectivity index (χ2v) is 6.97. The van der Waals surface area contributed by atoms with Crippen molar-refractivity contribution >= 4 is 17.3 Å². The molecule has 0 aliphatic carbocycles. The van der Waals surface area contributed by atoms with Gasteiger partial charge in [0.05, 0.1) is 19.9 Å². The van der Waals surface area contributed by atoms with E-state index in [0.29, 0.717) is 12.5 Å². The van der Waals surface area contributed by atoms with Crippen molar-refractivity contribution in [3.8, 4) is 11.5 Å². The molecule has 29 heavy (non-hydrogen) atoms. The van der Waals surface area contributed by atoms with Crippen LogP contribution >= 0.6 is 0 Å². The number of nitrogens with zero attached hydrogens (tertiary/aromatic N) is 3. The van der Waals surface area contributed by atoms with E-state index in [4.69, 9.17) is 15.2 Å². The zero-order valence-corrected chi connectivity index (χ0v) is 17.3. The molecule has 0 radical (unpaired) electrons. The summed E-state index contributed by atoms with van der Waals surface area (Å²) in [5.41, 5.74) is 8.09. The zero-order chi connectivity index (χ0) is 20.5.